The van der Waals surface area contributed by atoms with Crippen molar-refractivity contribution in [2.24, 2.45) is 29.6 Å². The topological polar surface area (TPSA) is 149 Å². The number of anilines is 1. The summed E-state index contributed by atoms with van der Waals surface area (Å²) in [6, 6.07) is 3.91. The number of nitrogen functional groups attached to an aromatic ring is 1. The molecular weight excluding hydrogens is 590 g/mol. The number of rotatable bonds is 20. The van der Waals surface area contributed by atoms with Gasteiger partial charge >= 0.3 is 5.97 Å². The van der Waals surface area contributed by atoms with Crippen LogP contribution in [0.1, 0.15) is 135 Å². The Hall–Kier alpha value is -2.00. The molecule has 3 aliphatic carbocycles. The van der Waals surface area contributed by atoms with Crippen LogP contribution in [0.2, 0.25) is 0 Å². The Morgan fingerprint density at radius 2 is 1.81 bits per heavy atom. The minimum Gasteiger partial charge on any atom is -0.481 e. The number of carboxylic acid groups (broad SMARTS) is 1. The van der Waals surface area contributed by atoms with Crippen molar-refractivity contribution >= 4 is 11.8 Å². The Bertz CT molecular complexity index is 1120. The molecule has 8 atom stereocenters. The van der Waals surface area contributed by atoms with Crippen molar-refractivity contribution in [3.05, 3.63) is 36.0 Å². The van der Waals surface area contributed by atoms with E-state index in [2.05, 4.69) is 36.3 Å². The van der Waals surface area contributed by atoms with Crippen LogP contribution in [0, 0.1) is 29.6 Å². The average Bonchev–Trinajstić information content (AvgIpc) is 3.60. The maximum atomic E-state index is 12.2. The molecule has 4 rings (SSSR count). The highest BCUT2D eigenvalue weighted by atomic mass is 16.4. The first-order chi connectivity index (χ1) is 22.5. The lowest BCUT2D eigenvalue weighted by Crippen LogP contribution is -2.43. The van der Waals surface area contributed by atoms with Crippen molar-refractivity contribution in [1.29, 1.82) is 0 Å². The maximum Gasteiger partial charge on any atom is 0.309 e. The first kappa shape index (κ1) is 37.8. The highest BCUT2D eigenvalue weighted by Gasteiger charge is 2.45. The molecule has 0 aromatic carbocycles. The van der Waals surface area contributed by atoms with E-state index in [1.807, 2.05) is 12.1 Å². The second-order valence-electron chi connectivity index (χ2n) is 15.9. The first-order valence-electron chi connectivity index (χ1n) is 18.9. The quantitative estimate of drug-likeness (QED) is 0.0663. The van der Waals surface area contributed by atoms with E-state index in [9.17, 15) is 25.2 Å². The number of aromatic nitrogens is 1. The van der Waals surface area contributed by atoms with Gasteiger partial charge in [0, 0.05) is 17.7 Å². The SMILES string of the molecule is CCCCC[C@@H]1C=C[C@@H](CCCCC[C@H](C(=O)O)[C@H](O)CC[C@]2(O)C[C@@H](CNC3(C)CCCC3)[C@H](Cc3ccnc(N)c3)C2)[C@H](O)C1. The van der Waals surface area contributed by atoms with Crippen molar-refractivity contribution in [1.82, 2.24) is 10.3 Å². The second-order valence-corrected chi connectivity index (χ2v) is 15.9. The molecule has 8 heteroatoms. The number of hydrogen-bond acceptors (Lipinski definition) is 7. The van der Waals surface area contributed by atoms with Crippen molar-refractivity contribution in [3.63, 3.8) is 0 Å². The van der Waals surface area contributed by atoms with Crippen molar-refractivity contribution in [3.8, 4) is 0 Å². The molecule has 1 aromatic rings. The van der Waals surface area contributed by atoms with Crippen molar-refractivity contribution in [2.75, 3.05) is 12.3 Å². The van der Waals surface area contributed by atoms with Crippen LogP contribution >= 0.6 is 0 Å². The fourth-order valence-corrected chi connectivity index (χ4v) is 8.88. The second kappa shape index (κ2) is 18.1. The molecule has 1 aromatic heterocycles. The van der Waals surface area contributed by atoms with Gasteiger partial charge in [-0.15, -0.1) is 0 Å². The van der Waals surface area contributed by atoms with Crippen LogP contribution in [0.3, 0.4) is 0 Å². The van der Waals surface area contributed by atoms with Crippen molar-refractivity contribution < 1.29 is 25.2 Å². The molecule has 3 aliphatic rings. The number of allylic oxidation sites excluding steroid dienone is 1. The van der Waals surface area contributed by atoms with Gasteiger partial charge in [-0.1, -0.05) is 70.4 Å². The third-order valence-corrected chi connectivity index (χ3v) is 11.9. The smallest absolute Gasteiger partial charge is 0.309 e. The lowest BCUT2D eigenvalue weighted by atomic mass is 9.81. The summed E-state index contributed by atoms with van der Waals surface area (Å²) in [5.41, 5.74) is 6.31. The zero-order chi connectivity index (χ0) is 33.9. The molecule has 47 heavy (non-hydrogen) atoms. The average molecular weight is 656 g/mol. The molecule has 266 valence electrons. The molecule has 0 bridgehead atoms. The number of nitrogens with zero attached hydrogens (tertiary/aromatic N) is 1. The highest BCUT2D eigenvalue weighted by Crippen LogP contribution is 2.44. The monoisotopic (exact) mass is 655 g/mol. The normalized spacial score (nSPS) is 30.0. The van der Waals surface area contributed by atoms with Crippen molar-refractivity contribution in [2.45, 2.75) is 159 Å². The number of hydrogen-bond donors (Lipinski definition) is 6. The Morgan fingerprint density at radius 3 is 2.51 bits per heavy atom. The molecule has 2 saturated carbocycles. The van der Waals surface area contributed by atoms with E-state index >= 15 is 0 Å². The van der Waals surface area contributed by atoms with Gasteiger partial charge in [-0.25, -0.2) is 4.98 Å². The minimum absolute atomic E-state index is 0.154. The van der Waals surface area contributed by atoms with Gasteiger partial charge in [0.2, 0.25) is 0 Å². The van der Waals surface area contributed by atoms with Crippen LogP contribution in [0.25, 0.3) is 0 Å². The van der Waals surface area contributed by atoms with E-state index < -0.39 is 23.6 Å². The molecule has 0 amide bonds. The number of aliphatic hydroxyl groups is 3. The summed E-state index contributed by atoms with van der Waals surface area (Å²) in [4.78, 5) is 16.3. The zero-order valence-electron chi connectivity index (χ0n) is 29.3. The van der Waals surface area contributed by atoms with Crippen LogP contribution in [0.5, 0.6) is 0 Å². The molecule has 1 heterocycles. The number of unbranched alkanes of at least 4 members (excludes halogenated alkanes) is 4. The van der Waals surface area contributed by atoms with Crippen LogP contribution in [0.4, 0.5) is 5.82 Å². The fourth-order valence-electron chi connectivity index (χ4n) is 8.88. The molecule has 0 spiro atoms. The summed E-state index contributed by atoms with van der Waals surface area (Å²) in [7, 11) is 0. The van der Waals surface area contributed by atoms with Crippen LogP contribution in [0.15, 0.2) is 30.5 Å². The van der Waals surface area contributed by atoms with E-state index in [1.165, 1.54) is 44.9 Å². The Balaban J connectivity index is 1.24. The molecule has 2 fully saturated rings. The number of nitrogens with one attached hydrogen (secondary N) is 1. The van der Waals surface area contributed by atoms with Gasteiger partial charge in [-0.3, -0.25) is 4.79 Å². The lowest BCUT2D eigenvalue weighted by molar-refractivity contribution is -0.146. The fraction of sp³-hybridized carbons (Fsp3) is 0.795. The third kappa shape index (κ3) is 11.8. The summed E-state index contributed by atoms with van der Waals surface area (Å²) in [5.74, 6) is -0.0795. The molecule has 7 N–H and O–H groups in total. The number of aliphatic carboxylic acids is 1. The van der Waals surface area contributed by atoms with Gasteiger partial charge in [0.1, 0.15) is 5.82 Å². The van der Waals surface area contributed by atoms with Crippen LogP contribution in [-0.2, 0) is 11.2 Å². The summed E-state index contributed by atoms with van der Waals surface area (Å²) in [6.45, 7) is 5.37. The standard InChI is InChI=1S/C39H65N3O5/c1-3-4-6-11-28-14-15-30(35(44)23-28)12-7-5-8-13-33(37(45)46)34(43)16-20-39(47)25-31(22-29-17-21-41-36(40)24-29)32(26-39)27-42-38(2)18-9-10-19-38/h14-15,17,21,24,28,30-35,42-44,47H,3-13,16,18-20,22-23,25-27H2,1-2H3,(H2,40,41)(H,45,46)/t28-,30-,31-,32+,33+,34-,35-,39-/m1/s1. The predicted octanol–water partition coefficient (Wildman–Crippen LogP) is 6.81. The van der Waals surface area contributed by atoms with E-state index in [0.29, 0.717) is 37.4 Å². The minimum atomic E-state index is -0.989. The highest BCUT2D eigenvalue weighted by molar-refractivity contribution is 5.70. The number of carboxylic acids is 1. The van der Waals surface area contributed by atoms with Gasteiger partial charge in [0.25, 0.3) is 0 Å². The van der Waals surface area contributed by atoms with E-state index in [0.717, 1.165) is 57.1 Å². The molecule has 0 unspecified atom stereocenters. The summed E-state index contributed by atoms with van der Waals surface area (Å²) < 4.78 is 0. The zero-order valence-corrected chi connectivity index (χ0v) is 29.3. The van der Waals surface area contributed by atoms with Gasteiger partial charge in [-0.05, 0) is 120 Å². The molecule has 8 nitrogen and oxygen atoms in total. The van der Waals surface area contributed by atoms with E-state index in [1.54, 1.807) is 6.20 Å². The van der Waals surface area contributed by atoms with Crippen LogP contribution < -0.4 is 11.1 Å². The van der Waals surface area contributed by atoms with Crippen LogP contribution in [-0.4, -0.2) is 61.3 Å². The Morgan fingerprint density at radius 1 is 1.06 bits per heavy atom. The number of aliphatic hydroxyl groups excluding tert-OH is 2. The summed E-state index contributed by atoms with van der Waals surface area (Å²) in [6.07, 6.45) is 22.2. The summed E-state index contributed by atoms with van der Waals surface area (Å²) in [5, 5.41) is 47.4. The molecule has 0 saturated heterocycles. The Kier molecular flexibility index (Phi) is 14.6. The van der Waals surface area contributed by atoms with Gasteiger partial charge in [-0.2, -0.15) is 0 Å². The van der Waals surface area contributed by atoms with E-state index in [-0.39, 0.29) is 35.8 Å². The summed E-state index contributed by atoms with van der Waals surface area (Å²) >= 11 is 0. The van der Waals surface area contributed by atoms with E-state index in [4.69, 9.17) is 5.73 Å². The predicted molar refractivity (Wildman–Crippen MR) is 189 cm³/mol. The largest absolute Gasteiger partial charge is 0.481 e. The van der Waals surface area contributed by atoms with Gasteiger partial charge in [0.05, 0.1) is 23.7 Å². The first-order valence-corrected chi connectivity index (χ1v) is 18.9. The lowest BCUT2D eigenvalue weighted by Gasteiger charge is -2.29. The van der Waals surface area contributed by atoms with Gasteiger partial charge < -0.3 is 31.5 Å². The Labute approximate surface area is 284 Å². The van der Waals surface area contributed by atoms with Gasteiger partial charge in [0.15, 0.2) is 0 Å². The molecule has 0 radical (unpaired) electrons. The molecular formula is C39H65N3O5. The maximum absolute atomic E-state index is 12.2. The number of pyridine rings is 1. The number of carbonyl (C=O) groups is 1. The number of nitrogens with two attached hydrogens (primary N) is 1. The third-order valence-electron chi connectivity index (χ3n) is 11.9. The molecule has 0 aliphatic heterocycles.